The normalized spacial score (nSPS) is 27.3. The van der Waals surface area contributed by atoms with Gasteiger partial charge in [-0.05, 0) is 41.2 Å². The number of likely N-dealkylation sites (N-methyl/N-ethyl adjacent to an activating group) is 1. The van der Waals surface area contributed by atoms with Gasteiger partial charge in [0.05, 0.1) is 6.61 Å². The van der Waals surface area contributed by atoms with E-state index in [1.54, 1.807) is 0 Å². The molecule has 0 aromatic rings. The first-order chi connectivity index (χ1) is 7.31. The van der Waals surface area contributed by atoms with Crippen LogP contribution in [0.5, 0.6) is 0 Å². The highest BCUT2D eigenvalue weighted by Gasteiger charge is 2.40. The van der Waals surface area contributed by atoms with E-state index in [4.69, 9.17) is 0 Å². The Morgan fingerprint density at radius 3 is 2.50 bits per heavy atom. The molecule has 1 unspecified atom stereocenters. The number of carbonyl (C=O) groups is 1. The average Bonchev–Trinajstić information content (AvgIpc) is 2.22. The number of aliphatic hydroxyl groups excluding tert-OH is 1. The van der Waals surface area contributed by atoms with Gasteiger partial charge in [0.15, 0.2) is 0 Å². The summed E-state index contributed by atoms with van der Waals surface area (Å²) in [6, 6.07) is -0.216. The molecule has 4 nitrogen and oxygen atoms in total. The standard InChI is InChI=1S/C12H24N2O2/c1-9(2)14-11(16)10(8-15)13(5)7-6-12(14,3)4/h9-10,15H,6-8H2,1-5H3. The van der Waals surface area contributed by atoms with Crippen LogP contribution < -0.4 is 0 Å². The second-order valence-electron chi connectivity index (χ2n) is 5.54. The van der Waals surface area contributed by atoms with E-state index in [0.29, 0.717) is 0 Å². The highest BCUT2D eigenvalue weighted by Crippen LogP contribution is 2.27. The van der Waals surface area contributed by atoms with Crippen molar-refractivity contribution in [2.24, 2.45) is 0 Å². The minimum absolute atomic E-state index is 0.0440. The minimum atomic E-state index is -0.385. The molecule has 0 aliphatic carbocycles. The van der Waals surface area contributed by atoms with Crippen LogP contribution in [0.3, 0.4) is 0 Å². The molecule has 4 heteroatoms. The van der Waals surface area contributed by atoms with Crippen LogP contribution in [0.4, 0.5) is 0 Å². The lowest BCUT2D eigenvalue weighted by Crippen LogP contribution is -2.55. The van der Waals surface area contributed by atoms with Crippen LogP contribution in [0, 0.1) is 0 Å². The highest BCUT2D eigenvalue weighted by atomic mass is 16.3. The maximum Gasteiger partial charge on any atom is 0.242 e. The molecular formula is C12H24N2O2. The Hall–Kier alpha value is -0.610. The quantitative estimate of drug-likeness (QED) is 0.756. The van der Waals surface area contributed by atoms with E-state index in [9.17, 15) is 9.90 Å². The molecule has 1 aliphatic heterocycles. The number of nitrogens with zero attached hydrogens (tertiary/aromatic N) is 2. The lowest BCUT2D eigenvalue weighted by molar-refractivity contribution is -0.143. The van der Waals surface area contributed by atoms with Crippen molar-refractivity contribution >= 4 is 5.91 Å². The first-order valence-corrected chi connectivity index (χ1v) is 5.95. The monoisotopic (exact) mass is 228 g/mol. The van der Waals surface area contributed by atoms with E-state index >= 15 is 0 Å². The summed E-state index contributed by atoms with van der Waals surface area (Å²) < 4.78 is 0. The van der Waals surface area contributed by atoms with Crippen LogP contribution >= 0.6 is 0 Å². The summed E-state index contributed by atoms with van der Waals surface area (Å²) in [5.74, 6) is 0.0440. The van der Waals surface area contributed by atoms with E-state index in [2.05, 4.69) is 13.8 Å². The molecule has 0 saturated carbocycles. The SMILES string of the molecule is CC(C)N1C(=O)C(CO)N(C)CCC1(C)C. The second-order valence-corrected chi connectivity index (χ2v) is 5.54. The second kappa shape index (κ2) is 4.72. The average molecular weight is 228 g/mol. The van der Waals surface area contributed by atoms with E-state index < -0.39 is 0 Å². The smallest absolute Gasteiger partial charge is 0.242 e. The first-order valence-electron chi connectivity index (χ1n) is 5.95. The van der Waals surface area contributed by atoms with Crippen LogP contribution in [-0.4, -0.2) is 58.6 Å². The molecule has 16 heavy (non-hydrogen) atoms. The summed E-state index contributed by atoms with van der Waals surface area (Å²) in [5, 5.41) is 9.34. The first kappa shape index (κ1) is 13.5. The molecule has 0 radical (unpaired) electrons. The predicted octanol–water partition coefficient (Wildman–Crippen LogP) is 0.698. The number of amides is 1. The van der Waals surface area contributed by atoms with Gasteiger partial charge >= 0.3 is 0 Å². The number of rotatable bonds is 2. The van der Waals surface area contributed by atoms with Gasteiger partial charge < -0.3 is 10.0 Å². The zero-order valence-electron chi connectivity index (χ0n) is 11.0. The fourth-order valence-corrected chi connectivity index (χ4v) is 2.54. The molecular weight excluding hydrogens is 204 g/mol. The molecule has 94 valence electrons. The van der Waals surface area contributed by atoms with E-state index in [1.165, 1.54) is 0 Å². The topological polar surface area (TPSA) is 43.8 Å². The van der Waals surface area contributed by atoms with Crippen LogP contribution in [0.2, 0.25) is 0 Å². The summed E-state index contributed by atoms with van der Waals surface area (Å²) in [5.41, 5.74) is -0.135. The summed E-state index contributed by atoms with van der Waals surface area (Å²) in [6.07, 6.45) is 0.934. The third-order valence-corrected chi connectivity index (χ3v) is 3.47. The van der Waals surface area contributed by atoms with Crippen molar-refractivity contribution in [1.29, 1.82) is 0 Å². The molecule has 0 aromatic carbocycles. The number of carbonyl (C=O) groups excluding carboxylic acids is 1. The minimum Gasteiger partial charge on any atom is -0.394 e. The van der Waals surface area contributed by atoms with Crippen LogP contribution in [0.25, 0.3) is 0 Å². The van der Waals surface area contributed by atoms with Crippen molar-refractivity contribution < 1.29 is 9.90 Å². The van der Waals surface area contributed by atoms with E-state index in [0.717, 1.165) is 13.0 Å². The number of hydrogen-bond acceptors (Lipinski definition) is 3. The van der Waals surface area contributed by atoms with Crippen molar-refractivity contribution in [2.75, 3.05) is 20.2 Å². The van der Waals surface area contributed by atoms with Gasteiger partial charge in [0.2, 0.25) is 5.91 Å². The van der Waals surface area contributed by atoms with Crippen molar-refractivity contribution in [3.8, 4) is 0 Å². The molecule has 1 aliphatic rings. The molecule has 0 bridgehead atoms. The van der Waals surface area contributed by atoms with Gasteiger partial charge in [0.1, 0.15) is 6.04 Å². The third-order valence-electron chi connectivity index (χ3n) is 3.47. The molecule has 0 spiro atoms. The van der Waals surface area contributed by atoms with Gasteiger partial charge in [-0.25, -0.2) is 0 Å². The van der Waals surface area contributed by atoms with Gasteiger partial charge in [0, 0.05) is 18.1 Å². The van der Waals surface area contributed by atoms with Crippen molar-refractivity contribution in [1.82, 2.24) is 9.80 Å². The Kier molecular flexibility index (Phi) is 3.97. The van der Waals surface area contributed by atoms with Crippen molar-refractivity contribution in [3.63, 3.8) is 0 Å². The van der Waals surface area contributed by atoms with Crippen molar-refractivity contribution in [3.05, 3.63) is 0 Å². The Labute approximate surface area is 98.2 Å². The summed E-state index contributed by atoms with van der Waals surface area (Å²) in [6.45, 7) is 8.98. The predicted molar refractivity (Wildman–Crippen MR) is 64.2 cm³/mol. The van der Waals surface area contributed by atoms with Gasteiger partial charge in [-0.2, -0.15) is 0 Å². The maximum absolute atomic E-state index is 12.4. The Morgan fingerprint density at radius 2 is 2.06 bits per heavy atom. The lowest BCUT2D eigenvalue weighted by Gasteiger charge is -2.41. The van der Waals surface area contributed by atoms with E-state index in [1.807, 2.05) is 30.7 Å². The zero-order chi connectivity index (χ0) is 12.5. The van der Waals surface area contributed by atoms with Crippen LogP contribution in [0.1, 0.15) is 34.1 Å². The summed E-state index contributed by atoms with van der Waals surface area (Å²) >= 11 is 0. The van der Waals surface area contributed by atoms with Gasteiger partial charge in [0.25, 0.3) is 0 Å². The molecule has 1 saturated heterocycles. The molecule has 1 amide bonds. The molecule has 1 heterocycles. The zero-order valence-corrected chi connectivity index (χ0v) is 11.0. The van der Waals surface area contributed by atoms with E-state index in [-0.39, 0.29) is 30.1 Å². The Morgan fingerprint density at radius 1 is 1.50 bits per heavy atom. The van der Waals surface area contributed by atoms with Crippen LogP contribution in [0.15, 0.2) is 0 Å². The van der Waals surface area contributed by atoms with Crippen LogP contribution in [-0.2, 0) is 4.79 Å². The third kappa shape index (κ3) is 2.38. The molecule has 0 aromatic heterocycles. The summed E-state index contributed by atoms with van der Waals surface area (Å²) in [7, 11) is 1.90. The summed E-state index contributed by atoms with van der Waals surface area (Å²) in [4.78, 5) is 16.2. The van der Waals surface area contributed by atoms with Gasteiger partial charge in [-0.3, -0.25) is 9.69 Å². The maximum atomic E-state index is 12.4. The largest absolute Gasteiger partial charge is 0.394 e. The van der Waals surface area contributed by atoms with Gasteiger partial charge in [-0.15, -0.1) is 0 Å². The molecule has 1 N–H and O–H groups in total. The molecule has 1 atom stereocenters. The highest BCUT2D eigenvalue weighted by molar-refractivity contribution is 5.83. The number of aliphatic hydroxyl groups is 1. The Balaban J connectivity index is 3.05. The molecule has 1 rings (SSSR count). The lowest BCUT2D eigenvalue weighted by atomic mass is 9.96. The van der Waals surface area contributed by atoms with Crippen molar-refractivity contribution in [2.45, 2.75) is 51.7 Å². The van der Waals surface area contributed by atoms with Gasteiger partial charge in [-0.1, -0.05) is 0 Å². The Bertz CT molecular complexity index is 264. The number of hydrogen-bond donors (Lipinski definition) is 1. The fraction of sp³-hybridized carbons (Fsp3) is 0.917. The fourth-order valence-electron chi connectivity index (χ4n) is 2.54. The molecule has 1 fully saturated rings.